The van der Waals surface area contributed by atoms with Gasteiger partial charge in [0.2, 0.25) is 5.91 Å². The van der Waals surface area contributed by atoms with Crippen molar-refractivity contribution in [3.05, 3.63) is 41.8 Å². The average Bonchev–Trinajstić information content (AvgIpc) is 2.72. The second kappa shape index (κ2) is 11.3. The summed E-state index contributed by atoms with van der Waals surface area (Å²) >= 11 is 0.831. The molecule has 164 valence electrons. The van der Waals surface area contributed by atoms with E-state index in [9.17, 15) is 22.4 Å². The zero-order chi connectivity index (χ0) is 22.1. The molecule has 0 bridgehead atoms. The minimum absolute atomic E-state index is 0.0161. The summed E-state index contributed by atoms with van der Waals surface area (Å²) in [5, 5.41) is 2.60. The summed E-state index contributed by atoms with van der Waals surface area (Å²) in [6, 6.07) is 5.79. The highest BCUT2D eigenvalue weighted by Gasteiger charge is 2.34. The van der Waals surface area contributed by atoms with Gasteiger partial charge in [-0.2, -0.15) is 13.2 Å². The molecule has 1 aromatic heterocycles. The van der Waals surface area contributed by atoms with Crippen molar-refractivity contribution in [3.63, 3.8) is 0 Å². The number of nitrogens with one attached hydrogen (secondary N) is 2. The third-order valence-corrected chi connectivity index (χ3v) is 5.34. The molecule has 0 spiro atoms. The van der Waals surface area contributed by atoms with E-state index in [0.717, 1.165) is 56.0 Å². The van der Waals surface area contributed by atoms with E-state index in [1.807, 2.05) is 0 Å². The first kappa shape index (κ1) is 24.1. The Morgan fingerprint density at radius 1 is 1.13 bits per heavy atom. The number of aromatic nitrogens is 2. The highest BCUT2D eigenvalue weighted by atomic mass is 32.2. The predicted octanol–water partition coefficient (Wildman–Crippen LogP) is 2.82. The van der Waals surface area contributed by atoms with Gasteiger partial charge >= 0.3 is 6.18 Å². The third-order valence-electron chi connectivity index (χ3n) is 4.50. The Balaban J connectivity index is 2.01. The van der Waals surface area contributed by atoms with Crippen LogP contribution < -0.4 is 10.2 Å². The predicted molar refractivity (Wildman–Crippen MR) is 108 cm³/mol. The van der Waals surface area contributed by atoms with Gasteiger partial charge in [0.05, 0.1) is 31.1 Å². The molecule has 0 aliphatic heterocycles. The Kier molecular flexibility index (Phi) is 9.04. The van der Waals surface area contributed by atoms with Crippen molar-refractivity contribution in [1.82, 2.24) is 15.3 Å². The molecule has 10 heteroatoms. The molecule has 2 aromatic rings. The fourth-order valence-electron chi connectivity index (χ4n) is 2.75. The van der Waals surface area contributed by atoms with Crippen LogP contribution in [0.2, 0.25) is 0 Å². The van der Waals surface area contributed by atoms with Crippen LogP contribution in [0.15, 0.2) is 35.5 Å². The molecule has 0 fully saturated rings. The number of carbonyl (C=O) groups is 1. The maximum absolute atomic E-state index is 13.2. The fourth-order valence-corrected chi connectivity index (χ4v) is 3.44. The quantitative estimate of drug-likeness (QED) is 0.256. The smallest absolute Gasteiger partial charge is 0.355 e. The molecular formula is C20H25F4N4OS+. The summed E-state index contributed by atoms with van der Waals surface area (Å²) in [5.74, 6) is -0.890. The Labute approximate surface area is 177 Å². The summed E-state index contributed by atoms with van der Waals surface area (Å²) in [7, 11) is 0. The molecule has 0 unspecified atom stereocenters. The first-order chi connectivity index (χ1) is 14.2. The van der Waals surface area contributed by atoms with Crippen LogP contribution in [0.3, 0.4) is 0 Å². The molecule has 2 rings (SSSR count). The number of thioether (sulfide) groups is 1. The van der Waals surface area contributed by atoms with Crippen molar-refractivity contribution in [2.45, 2.75) is 31.6 Å². The average molecular weight is 446 g/mol. The van der Waals surface area contributed by atoms with E-state index in [1.165, 1.54) is 17.0 Å². The standard InChI is InChI=1S/C20H24F4N4OS/c1-3-28(4-2)11-5-10-25-18(29)13-30-19-26-16(12-17(27-19)20(22,23)24)14-6-8-15(21)9-7-14/h6-9,12H,3-5,10-11,13H2,1-2H3,(H,25,29)/p+1. The van der Waals surface area contributed by atoms with Crippen LogP contribution in [0.25, 0.3) is 11.3 Å². The maximum Gasteiger partial charge on any atom is 0.433 e. The van der Waals surface area contributed by atoms with E-state index in [2.05, 4.69) is 29.1 Å². The summed E-state index contributed by atoms with van der Waals surface area (Å²) in [6.07, 6.45) is -3.84. The Morgan fingerprint density at radius 2 is 1.80 bits per heavy atom. The van der Waals surface area contributed by atoms with E-state index < -0.39 is 17.7 Å². The number of halogens is 4. The van der Waals surface area contributed by atoms with E-state index in [0.29, 0.717) is 12.1 Å². The normalized spacial score (nSPS) is 11.7. The van der Waals surface area contributed by atoms with Gasteiger partial charge in [-0.15, -0.1) is 0 Å². The highest BCUT2D eigenvalue weighted by Crippen LogP contribution is 2.32. The Morgan fingerprint density at radius 3 is 2.40 bits per heavy atom. The molecule has 0 aliphatic rings. The zero-order valence-electron chi connectivity index (χ0n) is 16.9. The first-order valence-corrected chi connectivity index (χ1v) is 10.7. The topological polar surface area (TPSA) is 59.3 Å². The molecular weight excluding hydrogens is 420 g/mol. The highest BCUT2D eigenvalue weighted by molar-refractivity contribution is 7.99. The molecule has 1 heterocycles. The number of nitrogens with zero attached hydrogens (tertiary/aromatic N) is 2. The number of amides is 1. The van der Waals surface area contributed by atoms with Gasteiger partial charge in [0.25, 0.3) is 0 Å². The number of rotatable bonds is 10. The number of carbonyl (C=O) groups excluding carboxylic acids is 1. The number of quaternary nitrogens is 1. The zero-order valence-corrected chi connectivity index (χ0v) is 17.7. The van der Waals surface area contributed by atoms with E-state index in [-0.39, 0.29) is 22.5 Å². The van der Waals surface area contributed by atoms with Crippen molar-refractivity contribution >= 4 is 17.7 Å². The molecule has 0 aliphatic carbocycles. The van der Waals surface area contributed by atoms with Crippen LogP contribution in [0, 0.1) is 5.82 Å². The number of benzene rings is 1. The van der Waals surface area contributed by atoms with Gasteiger partial charge in [-0.25, -0.2) is 14.4 Å². The van der Waals surface area contributed by atoms with Crippen LogP contribution >= 0.6 is 11.8 Å². The lowest BCUT2D eigenvalue weighted by molar-refractivity contribution is -0.896. The lowest BCUT2D eigenvalue weighted by atomic mass is 10.1. The third kappa shape index (κ3) is 7.56. The largest absolute Gasteiger partial charge is 0.433 e. The summed E-state index contributed by atoms with van der Waals surface area (Å²) < 4.78 is 52.8. The Bertz CT molecular complexity index is 827. The van der Waals surface area contributed by atoms with E-state index in [4.69, 9.17) is 0 Å². The number of alkyl halides is 3. The Hall–Kier alpha value is -2.20. The minimum atomic E-state index is -4.66. The first-order valence-electron chi connectivity index (χ1n) is 9.68. The molecule has 30 heavy (non-hydrogen) atoms. The van der Waals surface area contributed by atoms with Crippen LogP contribution in [-0.4, -0.2) is 47.8 Å². The van der Waals surface area contributed by atoms with Crippen LogP contribution in [0.1, 0.15) is 26.0 Å². The van der Waals surface area contributed by atoms with E-state index >= 15 is 0 Å². The number of hydrogen-bond acceptors (Lipinski definition) is 4. The summed E-state index contributed by atoms with van der Waals surface area (Å²) in [4.78, 5) is 21.1. The molecule has 0 radical (unpaired) electrons. The number of hydrogen-bond donors (Lipinski definition) is 2. The van der Waals surface area contributed by atoms with Gasteiger partial charge in [-0.3, -0.25) is 4.79 Å². The molecule has 2 N–H and O–H groups in total. The van der Waals surface area contributed by atoms with Crippen molar-refractivity contribution in [2.75, 3.05) is 31.9 Å². The molecule has 0 saturated heterocycles. The second-order valence-corrected chi connectivity index (χ2v) is 7.57. The van der Waals surface area contributed by atoms with Crippen LogP contribution in [0.5, 0.6) is 0 Å². The van der Waals surface area contributed by atoms with Crippen molar-refractivity contribution < 1.29 is 27.3 Å². The van der Waals surface area contributed by atoms with Crippen LogP contribution in [0.4, 0.5) is 17.6 Å². The van der Waals surface area contributed by atoms with Gasteiger partial charge < -0.3 is 10.2 Å². The van der Waals surface area contributed by atoms with Crippen molar-refractivity contribution in [3.8, 4) is 11.3 Å². The van der Waals surface area contributed by atoms with Crippen molar-refractivity contribution in [1.29, 1.82) is 0 Å². The maximum atomic E-state index is 13.2. The van der Waals surface area contributed by atoms with E-state index in [1.54, 1.807) is 0 Å². The second-order valence-electron chi connectivity index (χ2n) is 6.62. The van der Waals surface area contributed by atoms with Gasteiger partial charge in [0.1, 0.15) is 11.5 Å². The summed E-state index contributed by atoms with van der Waals surface area (Å²) in [6.45, 7) is 7.69. The molecule has 0 atom stereocenters. The monoisotopic (exact) mass is 445 g/mol. The molecule has 1 aromatic carbocycles. The lowest BCUT2D eigenvalue weighted by Crippen LogP contribution is -3.11. The molecule has 1 amide bonds. The van der Waals surface area contributed by atoms with Gasteiger partial charge in [0, 0.05) is 18.5 Å². The van der Waals surface area contributed by atoms with Crippen molar-refractivity contribution in [2.24, 2.45) is 0 Å². The summed E-state index contributed by atoms with van der Waals surface area (Å²) in [5.41, 5.74) is -0.765. The molecule has 0 saturated carbocycles. The van der Waals surface area contributed by atoms with Crippen LogP contribution in [-0.2, 0) is 11.0 Å². The molecule has 5 nitrogen and oxygen atoms in total. The van der Waals surface area contributed by atoms with Gasteiger partial charge in [0.15, 0.2) is 5.16 Å². The lowest BCUT2D eigenvalue weighted by Gasteiger charge is -2.15. The van der Waals surface area contributed by atoms with Gasteiger partial charge in [-0.05, 0) is 44.2 Å². The minimum Gasteiger partial charge on any atom is -0.355 e. The SMILES string of the molecule is CC[NH+](CC)CCCNC(=O)CSc1nc(-c2ccc(F)cc2)cc(C(F)(F)F)n1. The fraction of sp³-hybridized carbons (Fsp3) is 0.450. The van der Waals surface area contributed by atoms with Gasteiger partial charge in [-0.1, -0.05) is 11.8 Å².